The van der Waals surface area contributed by atoms with Crippen molar-refractivity contribution >= 4 is 6.71 Å². The molecule has 6 atom stereocenters. The lowest BCUT2D eigenvalue weighted by Crippen LogP contribution is -2.62. The molecule has 6 unspecified atom stereocenters. The third-order valence-electron chi connectivity index (χ3n) is 24.9. The van der Waals surface area contributed by atoms with Crippen LogP contribution in [0.3, 0.4) is 0 Å². The molecule has 72 heavy (non-hydrogen) atoms. The monoisotopic (exact) mass is 970 g/mol. The molecule has 3 saturated carbocycles. The lowest BCUT2D eigenvalue weighted by Gasteiger charge is -2.60. The van der Waals surface area contributed by atoms with Crippen molar-refractivity contribution in [3.8, 4) is 0 Å². The summed E-state index contributed by atoms with van der Waals surface area (Å²) in [7, 11) is 0. The third kappa shape index (κ3) is 7.18. The molecule has 0 aromatic rings. The van der Waals surface area contributed by atoms with E-state index in [9.17, 15) is 0 Å². The molecule has 0 radical (unpaired) electrons. The van der Waals surface area contributed by atoms with Gasteiger partial charge in [-0.25, -0.2) is 0 Å². The minimum atomic E-state index is 0.0178. The van der Waals surface area contributed by atoms with Gasteiger partial charge in [-0.2, -0.15) is 0 Å². The Hall–Kier alpha value is -2.62. The highest BCUT2D eigenvalue weighted by atomic mass is 15.3. The zero-order valence-electron chi connectivity index (χ0n) is 47.8. The van der Waals surface area contributed by atoms with Crippen LogP contribution in [0, 0.1) is 51.2 Å². The molecular weight excluding hydrogens is 870 g/mol. The van der Waals surface area contributed by atoms with Crippen LogP contribution in [0.5, 0.6) is 0 Å². The van der Waals surface area contributed by atoms with E-state index in [4.69, 9.17) is 0 Å². The molecule has 0 aromatic heterocycles. The zero-order valence-corrected chi connectivity index (χ0v) is 47.8. The molecule has 0 bridgehead atoms. The van der Waals surface area contributed by atoms with E-state index < -0.39 is 0 Å². The van der Waals surface area contributed by atoms with Crippen molar-refractivity contribution in [3.05, 3.63) is 92.6 Å². The van der Waals surface area contributed by atoms with Crippen LogP contribution in [0.15, 0.2) is 92.6 Å². The SMILES string of the molecule is CC(C)(C)C1CC=C(N(C2=CC3=C4B(C5=C6C(CC(C7C=CCCC7)C5)C5(CCCCC5)C(C)(C)N6C4C2)C2CC(C4=CCCCC4)=CC4=C2N3C(C)(C)C42CCCCC2)C2CCC(C(C)(C)C)CC2)CC1. The molecule has 2 spiro atoms. The van der Waals surface area contributed by atoms with Gasteiger partial charge in [-0.05, 0) is 231 Å². The van der Waals surface area contributed by atoms with Crippen molar-refractivity contribution in [3.63, 3.8) is 0 Å². The van der Waals surface area contributed by atoms with Crippen LogP contribution in [-0.4, -0.2) is 44.6 Å². The molecule has 4 fully saturated rings. The van der Waals surface area contributed by atoms with Crippen LogP contribution in [0.4, 0.5) is 0 Å². The van der Waals surface area contributed by atoms with Gasteiger partial charge in [0.2, 0.25) is 6.71 Å². The van der Waals surface area contributed by atoms with Gasteiger partial charge >= 0.3 is 0 Å². The molecule has 0 amide bonds. The third-order valence-corrected chi connectivity index (χ3v) is 24.9. The van der Waals surface area contributed by atoms with Gasteiger partial charge in [-0.15, -0.1) is 0 Å². The smallest absolute Gasteiger partial charge is 0.216 e. The van der Waals surface area contributed by atoms with Gasteiger partial charge in [0, 0.05) is 68.8 Å². The van der Waals surface area contributed by atoms with Crippen LogP contribution in [0.25, 0.3) is 0 Å². The summed E-state index contributed by atoms with van der Waals surface area (Å²) in [6.45, 7) is 26.9. The molecule has 4 heteroatoms. The van der Waals surface area contributed by atoms with E-state index in [1.165, 1.54) is 180 Å². The van der Waals surface area contributed by atoms with E-state index in [0.29, 0.717) is 46.8 Å². The Labute approximate surface area is 441 Å². The zero-order chi connectivity index (χ0) is 49.7. The Bertz CT molecular complexity index is 2440. The maximum absolute atomic E-state index is 3.34. The Kier molecular flexibility index (Phi) is 11.9. The second kappa shape index (κ2) is 17.5. The van der Waals surface area contributed by atoms with E-state index in [1.54, 1.807) is 28.2 Å². The van der Waals surface area contributed by atoms with Crippen LogP contribution < -0.4 is 0 Å². The predicted octanol–water partition coefficient (Wildman–Crippen LogP) is 18.3. The molecule has 4 aliphatic heterocycles. The number of hydrogen-bond donors (Lipinski definition) is 0. The molecule has 13 aliphatic rings. The van der Waals surface area contributed by atoms with Crippen LogP contribution in [0.2, 0.25) is 5.82 Å². The minimum Gasteiger partial charge on any atom is -0.363 e. The molecule has 0 N–H and O–H groups in total. The van der Waals surface area contributed by atoms with Crippen molar-refractivity contribution in [1.82, 2.24) is 14.7 Å². The van der Waals surface area contributed by atoms with Gasteiger partial charge in [0.05, 0.1) is 6.04 Å². The topological polar surface area (TPSA) is 9.72 Å². The van der Waals surface area contributed by atoms with Crippen LogP contribution in [-0.2, 0) is 0 Å². The van der Waals surface area contributed by atoms with E-state index in [-0.39, 0.29) is 16.5 Å². The van der Waals surface area contributed by atoms with E-state index in [1.807, 2.05) is 27.9 Å². The number of allylic oxidation sites excluding steroid dienone is 12. The largest absolute Gasteiger partial charge is 0.363 e. The standard InChI is InChI=1S/C68H100BN3/c1-63(2,3)49-27-31-51(32-28-49)70(52-33-29-50(30-34-52)64(4,5)6)53-43-58-60-59(44-53)72-62-55(68(66(72,9)10)37-21-14-22-38-68)40-48(46-25-17-12-18-26-46)42-57(62)69(60)56-41-47(45-23-15-11-16-24-45)39-54-61(56)71(58)65(7,8)67(54)35-19-13-20-36-67/h15,23,25,31,40,44-45,47,49-50,52,54,57-58H,11-14,16-22,24,26-30,32-39,41-43H2,1-10H3. The van der Waals surface area contributed by atoms with Crippen LogP contribution in [0.1, 0.15) is 249 Å². The van der Waals surface area contributed by atoms with Gasteiger partial charge in [-0.3, -0.25) is 0 Å². The molecule has 13 rings (SSSR count). The average Bonchev–Trinajstić information content (AvgIpc) is 3.68. The maximum atomic E-state index is 3.34. The second-order valence-electron chi connectivity index (χ2n) is 30.6. The Morgan fingerprint density at radius 2 is 1.38 bits per heavy atom. The second-order valence-corrected chi connectivity index (χ2v) is 30.6. The highest BCUT2D eigenvalue weighted by molar-refractivity contribution is 6.77. The van der Waals surface area contributed by atoms with Gasteiger partial charge in [0.15, 0.2) is 0 Å². The minimum absolute atomic E-state index is 0.0178. The summed E-state index contributed by atoms with van der Waals surface area (Å²) in [6.07, 6.45) is 54.7. The molecule has 0 aromatic carbocycles. The quantitative estimate of drug-likeness (QED) is 0.201. The summed E-state index contributed by atoms with van der Waals surface area (Å²) in [5.74, 6) is 4.36. The summed E-state index contributed by atoms with van der Waals surface area (Å²) < 4.78 is 0. The van der Waals surface area contributed by atoms with Gasteiger partial charge < -0.3 is 14.7 Å². The summed E-state index contributed by atoms with van der Waals surface area (Å²) in [5, 5.41) is 0. The van der Waals surface area contributed by atoms with Gasteiger partial charge in [0.1, 0.15) is 0 Å². The molecule has 1 saturated heterocycles. The number of hydrogen-bond acceptors (Lipinski definition) is 3. The molecular formula is C68H100BN3. The number of nitrogens with zero attached hydrogens (tertiary/aromatic N) is 3. The maximum Gasteiger partial charge on any atom is 0.216 e. The summed E-state index contributed by atoms with van der Waals surface area (Å²) >= 11 is 0. The Morgan fingerprint density at radius 3 is 2.03 bits per heavy atom. The lowest BCUT2D eigenvalue weighted by molar-refractivity contribution is -0.000416. The fraction of sp³-hybridized carbons (Fsp3) is 0.765. The summed E-state index contributed by atoms with van der Waals surface area (Å²) in [4.78, 5) is 9.67. The average molecular weight is 970 g/mol. The highest BCUT2D eigenvalue weighted by Crippen LogP contribution is 2.73. The van der Waals surface area contributed by atoms with E-state index in [0.717, 1.165) is 23.7 Å². The molecule has 4 heterocycles. The van der Waals surface area contributed by atoms with E-state index >= 15 is 0 Å². The Morgan fingerprint density at radius 1 is 0.639 bits per heavy atom. The summed E-state index contributed by atoms with van der Waals surface area (Å²) in [5.41, 5.74) is 19.5. The molecule has 390 valence electrons. The predicted molar refractivity (Wildman–Crippen MR) is 304 cm³/mol. The Balaban J connectivity index is 1.05. The van der Waals surface area contributed by atoms with Gasteiger partial charge in [0.25, 0.3) is 0 Å². The first-order valence-electron chi connectivity index (χ1n) is 31.5. The first kappa shape index (κ1) is 49.0. The first-order valence-corrected chi connectivity index (χ1v) is 31.5. The molecule has 3 nitrogen and oxygen atoms in total. The van der Waals surface area contributed by atoms with Gasteiger partial charge in [-0.1, -0.05) is 116 Å². The van der Waals surface area contributed by atoms with Crippen molar-refractivity contribution in [1.29, 1.82) is 0 Å². The number of rotatable bonds is 5. The fourth-order valence-electron chi connectivity index (χ4n) is 20.9. The highest BCUT2D eigenvalue weighted by Gasteiger charge is 2.71. The number of fused-ring (bicyclic) bond motifs is 6. The summed E-state index contributed by atoms with van der Waals surface area (Å²) in [6, 6.07) is 1.03. The van der Waals surface area contributed by atoms with E-state index in [2.05, 4.69) is 120 Å². The van der Waals surface area contributed by atoms with Crippen molar-refractivity contribution in [2.75, 3.05) is 0 Å². The lowest BCUT2D eigenvalue weighted by atomic mass is 9.25. The van der Waals surface area contributed by atoms with Crippen molar-refractivity contribution < 1.29 is 0 Å². The fourth-order valence-corrected chi connectivity index (χ4v) is 20.9. The molecule has 9 aliphatic carbocycles. The first-order chi connectivity index (χ1) is 34.4. The van der Waals surface area contributed by atoms with Crippen molar-refractivity contribution in [2.45, 2.75) is 278 Å². The van der Waals surface area contributed by atoms with Crippen molar-refractivity contribution in [2.24, 2.45) is 51.2 Å². The normalized spacial score (nSPS) is 36.5. The van der Waals surface area contributed by atoms with Crippen LogP contribution >= 0.6 is 0 Å².